The number of halogens is 1. The first-order chi connectivity index (χ1) is 31.3. The molecule has 4 aromatic rings. The number of nitrogens with zero attached hydrogens (tertiary/aromatic N) is 3. The highest BCUT2D eigenvalue weighted by Crippen LogP contribution is 2.68. The summed E-state index contributed by atoms with van der Waals surface area (Å²) in [5, 5.41) is 18.6. The molecule has 9 atom stereocenters. The van der Waals surface area contributed by atoms with Crippen molar-refractivity contribution in [3.63, 3.8) is 0 Å². The standard InChI is InChI=1S/C52H60ClN5O7/c1-7-32-24-33-27-51(48(61)64-6,43-37(18-22-57(28-32)29-33)36-12-9-10-13-40(36)55-43)39-25-38-41(26-42(39)63-5)56(4)46-50(38)20-23-58-21-11-19-49(8-2,45(50)58)47(65-31(3)59)52(46,62)30-54-44(60)34-14-16-35(53)17-15-34/h9-17,19,24-26,33,45-47,55,62H,7-8,18,20-23,27-30H2,1-6H3,(H,54,60)/t33-,45+,46-,47-,49-,50-,51+,52+/m1/s1. The molecule has 13 heteroatoms. The van der Waals surface area contributed by atoms with Crippen molar-refractivity contribution in [2.24, 2.45) is 11.3 Å². The summed E-state index contributed by atoms with van der Waals surface area (Å²) in [5.74, 6) is -0.717. The van der Waals surface area contributed by atoms with Gasteiger partial charge in [0.05, 0.1) is 26.8 Å². The lowest BCUT2D eigenvalue weighted by molar-refractivity contribution is -0.216. The highest BCUT2D eigenvalue weighted by Gasteiger charge is 2.78. The van der Waals surface area contributed by atoms with E-state index in [1.54, 1.807) is 31.4 Å². The van der Waals surface area contributed by atoms with Crippen molar-refractivity contribution in [1.29, 1.82) is 0 Å². The number of methoxy groups -OCH3 is 2. The third-order valence-electron chi connectivity index (χ3n) is 16.3. The summed E-state index contributed by atoms with van der Waals surface area (Å²) in [4.78, 5) is 53.7. The molecule has 5 aliphatic heterocycles. The van der Waals surface area contributed by atoms with Gasteiger partial charge < -0.3 is 34.5 Å². The van der Waals surface area contributed by atoms with Crippen LogP contribution in [-0.2, 0) is 36.3 Å². The van der Waals surface area contributed by atoms with Crippen molar-refractivity contribution in [3.8, 4) is 5.75 Å². The highest BCUT2D eigenvalue weighted by molar-refractivity contribution is 6.30. The normalized spacial score (nSPS) is 32.2. The van der Waals surface area contributed by atoms with Gasteiger partial charge in [-0.3, -0.25) is 24.2 Å². The Kier molecular flexibility index (Phi) is 10.8. The first kappa shape index (κ1) is 43.7. The van der Waals surface area contributed by atoms with Gasteiger partial charge in [-0.05, 0) is 92.1 Å². The van der Waals surface area contributed by atoms with E-state index >= 15 is 4.79 Å². The summed E-state index contributed by atoms with van der Waals surface area (Å²) >= 11 is 6.20. The Bertz CT molecular complexity index is 2640. The Morgan fingerprint density at radius 2 is 1.80 bits per heavy atom. The van der Waals surface area contributed by atoms with Crippen LogP contribution < -0.4 is 15.0 Å². The molecule has 3 N–H and O–H groups in total. The van der Waals surface area contributed by atoms with Crippen LogP contribution in [0.25, 0.3) is 10.9 Å². The van der Waals surface area contributed by atoms with Crippen molar-refractivity contribution in [1.82, 2.24) is 20.1 Å². The zero-order chi connectivity index (χ0) is 45.6. The van der Waals surface area contributed by atoms with E-state index in [1.165, 1.54) is 19.6 Å². The minimum absolute atomic E-state index is 0.0217. The maximum atomic E-state index is 15.5. The molecule has 342 valence electrons. The Morgan fingerprint density at radius 1 is 1.02 bits per heavy atom. The second-order valence-corrected chi connectivity index (χ2v) is 19.8. The average molecular weight is 903 g/mol. The number of rotatable bonds is 9. The van der Waals surface area contributed by atoms with Crippen LogP contribution in [0.5, 0.6) is 5.75 Å². The monoisotopic (exact) mass is 901 g/mol. The van der Waals surface area contributed by atoms with Crippen molar-refractivity contribution < 1.29 is 33.7 Å². The lowest BCUT2D eigenvalue weighted by Crippen LogP contribution is -2.81. The van der Waals surface area contributed by atoms with Crippen molar-refractivity contribution in [2.45, 2.75) is 87.5 Å². The molecule has 0 radical (unpaired) electrons. The number of aromatic nitrogens is 1. The quantitative estimate of drug-likeness (QED) is 0.123. The van der Waals surface area contributed by atoms with E-state index in [4.69, 9.17) is 25.8 Å². The van der Waals surface area contributed by atoms with Crippen LogP contribution >= 0.6 is 11.6 Å². The zero-order valence-electron chi connectivity index (χ0n) is 38.2. The molecule has 1 unspecified atom stereocenters. The summed E-state index contributed by atoms with van der Waals surface area (Å²) in [6.45, 7) is 9.43. The maximum Gasteiger partial charge on any atom is 0.322 e. The molecular weight excluding hydrogens is 842 g/mol. The topological polar surface area (TPSA) is 137 Å². The molecular formula is C52H60ClN5O7. The summed E-state index contributed by atoms with van der Waals surface area (Å²) in [6.07, 6.45) is 8.95. The number of hydrogen-bond donors (Lipinski definition) is 3. The number of H-pyrrole nitrogens is 1. The van der Waals surface area contributed by atoms with Gasteiger partial charge in [0.2, 0.25) is 0 Å². The third kappa shape index (κ3) is 6.30. The van der Waals surface area contributed by atoms with Crippen LogP contribution in [0.15, 0.2) is 84.5 Å². The lowest BCUT2D eigenvalue weighted by Gasteiger charge is -2.64. The summed E-state index contributed by atoms with van der Waals surface area (Å²) in [6, 6.07) is 18.2. The van der Waals surface area contributed by atoms with E-state index < -0.39 is 40.0 Å². The van der Waals surface area contributed by atoms with Crippen LogP contribution in [0.2, 0.25) is 5.02 Å². The van der Waals surface area contributed by atoms with E-state index in [9.17, 15) is 14.7 Å². The van der Waals surface area contributed by atoms with Crippen molar-refractivity contribution in [3.05, 3.63) is 117 Å². The van der Waals surface area contributed by atoms with Crippen LogP contribution in [0.4, 0.5) is 5.69 Å². The van der Waals surface area contributed by atoms with Gasteiger partial charge in [-0.15, -0.1) is 0 Å². The second-order valence-electron chi connectivity index (χ2n) is 19.4. The van der Waals surface area contributed by atoms with Crippen LogP contribution in [0, 0.1) is 11.3 Å². The highest BCUT2D eigenvalue weighted by atomic mass is 35.5. The molecule has 1 spiro atoms. The Hall–Kier alpha value is -5.14. The minimum Gasteiger partial charge on any atom is -0.496 e. The molecule has 2 bridgehead atoms. The van der Waals surface area contributed by atoms with Crippen molar-refractivity contribution >= 4 is 46.0 Å². The number of likely N-dealkylation sites (N-methyl/N-ethyl adjacent to an activating group) is 1. The van der Waals surface area contributed by atoms with Gasteiger partial charge in [0.25, 0.3) is 5.91 Å². The molecule has 1 saturated heterocycles. The summed E-state index contributed by atoms with van der Waals surface area (Å²) in [7, 11) is 5.11. The number of nitrogens with one attached hydrogen (secondary N) is 2. The van der Waals surface area contributed by atoms with E-state index in [1.807, 2.05) is 19.2 Å². The van der Waals surface area contributed by atoms with Gasteiger partial charge in [0.15, 0.2) is 0 Å². The lowest BCUT2D eigenvalue weighted by atomic mass is 9.47. The van der Waals surface area contributed by atoms with Crippen LogP contribution in [0.1, 0.15) is 79.2 Å². The molecule has 12 nitrogen and oxygen atoms in total. The van der Waals surface area contributed by atoms with Gasteiger partial charge in [0, 0.05) is 102 Å². The van der Waals surface area contributed by atoms with Gasteiger partial charge >= 0.3 is 11.9 Å². The van der Waals surface area contributed by atoms with Crippen LogP contribution in [0.3, 0.4) is 0 Å². The Morgan fingerprint density at radius 3 is 2.52 bits per heavy atom. The summed E-state index contributed by atoms with van der Waals surface area (Å²) in [5.41, 5.74) is 2.35. The fourth-order valence-corrected chi connectivity index (χ4v) is 14.1. The smallest absolute Gasteiger partial charge is 0.322 e. The van der Waals surface area contributed by atoms with E-state index in [0.717, 1.165) is 72.4 Å². The van der Waals surface area contributed by atoms with Crippen LogP contribution in [-0.4, -0.2) is 122 Å². The number of ether oxygens (including phenoxy) is 3. The molecule has 1 aliphatic carbocycles. The molecule has 6 heterocycles. The largest absolute Gasteiger partial charge is 0.496 e. The SMILES string of the molecule is CCC1=C[C@H]2CN(CCc3c([nH]c4ccccc34)[C@@](C(=O)OC)(c3cc4c(cc3OC)N(C)[C@H]3[C@@](O)(CNC(=O)c5ccc(Cl)cc5)[C@H](OC(C)=O)[C@]5(CC)C=CCN6CC[C@]43[C@@H]65)C2)C1. The third-order valence-corrected chi connectivity index (χ3v) is 16.5. The number of fused-ring (bicyclic) bond motifs is 6. The van der Waals surface area contributed by atoms with E-state index in [-0.39, 0.29) is 30.4 Å². The zero-order valence-corrected chi connectivity index (χ0v) is 39.0. The Balaban J connectivity index is 1.23. The van der Waals surface area contributed by atoms with E-state index in [0.29, 0.717) is 47.7 Å². The molecule has 2 fully saturated rings. The van der Waals surface area contributed by atoms with Gasteiger partial charge in [0.1, 0.15) is 22.9 Å². The molecule has 1 saturated carbocycles. The number of benzene rings is 3. The number of aromatic amines is 1. The fraction of sp³-hybridized carbons (Fsp3) is 0.481. The number of carbonyl (C=O) groups is 3. The van der Waals surface area contributed by atoms with Gasteiger partial charge in [-0.2, -0.15) is 0 Å². The number of esters is 2. The van der Waals surface area contributed by atoms with Gasteiger partial charge in [-0.25, -0.2) is 0 Å². The fourth-order valence-electron chi connectivity index (χ4n) is 13.9. The predicted octanol–water partition coefficient (Wildman–Crippen LogP) is 6.71. The predicted molar refractivity (Wildman–Crippen MR) is 251 cm³/mol. The number of carbonyl (C=O) groups excluding carboxylic acids is 3. The molecule has 6 aliphatic rings. The number of para-hydroxylation sites is 1. The first-order valence-electron chi connectivity index (χ1n) is 23.2. The first-order valence-corrected chi connectivity index (χ1v) is 23.6. The second kappa shape index (κ2) is 16.0. The molecule has 1 amide bonds. The number of amides is 1. The number of hydrogen-bond acceptors (Lipinski definition) is 10. The molecule has 65 heavy (non-hydrogen) atoms. The minimum atomic E-state index is -1.82. The molecule has 3 aromatic carbocycles. The van der Waals surface area contributed by atoms with Gasteiger partial charge in [-0.1, -0.05) is 67.4 Å². The molecule has 10 rings (SSSR count). The average Bonchev–Trinajstić information content (AvgIpc) is 3.97. The molecule has 1 aromatic heterocycles. The Labute approximate surface area is 385 Å². The summed E-state index contributed by atoms with van der Waals surface area (Å²) < 4.78 is 18.9. The number of anilines is 1. The maximum absolute atomic E-state index is 15.5. The van der Waals surface area contributed by atoms with Crippen molar-refractivity contribution in [2.75, 3.05) is 65.4 Å². The number of aliphatic hydroxyl groups is 1. The van der Waals surface area contributed by atoms with E-state index in [2.05, 4.69) is 81.3 Å².